The predicted molar refractivity (Wildman–Crippen MR) is 205 cm³/mol. The number of aromatic nitrogens is 5. The largest absolute Gasteiger partial charge is 0.256 e. The molecule has 10 aromatic rings. The smallest absolute Gasteiger partial charge is 0.0970 e. The zero-order chi connectivity index (χ0) is 33.0. The van der Waals surface area contributed by atoms with Gasteiger partial charge in [0.25, 0.3) is 0 Å². The van der Waals surface area contributed by atoms with Gasteiger partial charge in [-0.2, -0.15) is 0 Å². The average Bonchev–Trinajstić information content (AvgIpc) is 3.19. The third-order valence-corrected chi connectivity index (χ3v) is 9.57. The summed E-state index contributed by atoms with van der Waals surface area (Å²) in [5.41, 5.74) is 13.3. The van der Waals surface area contributed by atoms with Gasteiger partial charge < -0.3 is 0 Å². The Morgan fingerprint density at radius 3 is 1.72 bits per heavy atom. The fraction of sp³-hybridized carbons (Fsp3) is 0. The van der Waals surface area contributed by atoms with Crippen molar-refractivity contribution in [3.63, 3.8) is 0 Å². The Morgan fingerprint density at radius 2 is 0.940 bits per heavy atom. The van der Waals surface area contributed by atoms with Crippen LogP contribution in [-0.4, -0.2) is 24.9 Å². The van der Waals surface area contributed by atoms with Crippen molar-refractivity contribution in [3.05, 3.63) is 164 Å². The van der Waals surface area contributed by atoms with E-state index in [9.17, 15) is 0 Å². The van der Waals surface area contributed by atoms with Gasteiger partial charge in [0.15, 0.2) is 0 Å². The zero-order valence-electron chi connectivity index (χ0n) is 26.8. The first-order chi connectivity index (χ1) is 24.7. The first-order valence-corrected chi connectivity index (χ1v) is 16.6. The summed E-state index contributed by atoms with van der Waals surface area (Å²) in [6.45, 7) is 0. The van der Waals surface area contributed by atoms with Crippen LogP contribution in [-0.2, 0) is 0 Å². The number of nitrogens with zero attached hydrogens (tertiary/aromatic N) is 5. The third-order valence-electron chi connectivity index (χ3n) is 9.57. The Labute approximate surface area is 287 Å². The fourth-order valence-electron chi connectivity index (χ4n) is 6.97. The Bertz CT molecular complexity index is 2930. The number of rotatable bonds is 4. The summed E-state index contributed by atoms with van der Waals surface area (Å²) in [6.07, 6.45) is 5.59. The number of fused-ring (bicyclic) bond motifs is 6. The van der Waals surface area contributed by atoms with Gasteiger partial charge in [-0.25, -0.2) is 9.97 Å². The molecule has 5 aromatic carbocycles. The normalized spacial score (nSPS) is 11.6. The van der Waals surface area contributed by atoms with Crippen molar-refractivity contribution < 1.29 is 0 Å². The molecule has 0 aliphatic heterocycles. The molecule has 5 heterocycles. The quantitative estimate of drug-likeness (QED) is 0.180. The van der Waals surface area contributed by atoms with Crippen LogP contribution in [0.25, 0.3) is 99.3 Å². The minimum absolute atomic E-state index is 0.919. The molecule has 0 spiro atoms. The van der Waals surface area contributed by atoms with Gasteiger partial charge in [0.05, 0.1) is 39.0 Å². The molecule has 50 heavy (non-hydrogen) atoms. The van der Waals surface area contributed by atoms with Crippen LogP contribution < -0.4 is 0 Å². The van der Waals surface area contributed by atoms with Gasteiger partial charge in [0.2, 0.25) is 0 Å². The van der Waals surface area contributed by atoms with E-state index in [-0.39, 0.29) is 0 Å². The van der Waals surface area contributed by atoms with Crippen molar-refractivity contribution in [2.75, 3.05) is 0 Å². The molecule has 10 rings (SSSR count). The Balaban J connectivity index is 0.926. The van der Waals surface area contributed by atoms with Gasteiger partial charge in [-0.1, -0.05) is 84.9 Å². The Kier molecular flexibility index (Phi) is 6.42. The molecule has 0 unspecified atom stereocenters. The molecule has 0 bridgehead atoms. The van der Waals surface area contributed by atoms with E-state index in [2.05, 4.69) is 136 Å². The summed E-state index contributed by atoms with van der Waals surface area (Å²) < 4.78 is 0. The van der Waals surface area contributed by atoms with Gasteiger partial charge in [-0.15, -0.1) is 0 Å². The highest BCUT2D eigenvalue weighted by molar-refractivity contribution is 6.08. The Hall–Kier alpha value is -6.85. The lowest BCUT2D eigenvalue weighted by Crippen LogP contribution is -1.89. The summed E-state index contributed by atoms with van der Waals surface area (Å²) in [7, 11) is 0. The predicted octanol–water partition coefficient (Wildman–Crippen LogP) is 11.1. The van der Waals surface area contributed by atoms with E-state index in [1.54, 1.807) is 0 Å². The van der Waals surface area contributed by atoms with E-state index in [1.165, 1.54) is 0 Å². The minimum atomic E-state index is 0.919. The molecular weight excluding hydrogens is 611 g/mol. The molecule has 0 fully saturated rings. The topological polar surface area (TPSA) is 64.5 Å². The molecule has 0 aliphatic carbocycles. The number of pyridine rings is 5. The molecule has 0 aliphatic rings. The van der Waals surface area contributed by atoms with E-state index in [0.717, 1.165) is 99.3 Å². The molecule has 0 N–H and O–H groups in total. The van der Waals surface area contributed by atoms with Crippen molar-refractivity contribution in [1.82, 2.24) is 24.9 Å². The number of hydrogen-bond donors (Lipinski definition) is 0. The van der Waals surface area contributed by atoms with Gasteiger partial charge >= 0.3 is 0 Å². The van der Waals surface area contributed by atoms with Gasteiger partial charge in [-0.3, -0.25) is 15.0 Å². The van der Waals surface area contributed by atoms with Crippen molar-refractivity contribution in [2.24, 2.45) is 0 Å². The highest BCUT2D eigenvalue weighted by atomic mass is 14.7. The van der Waals surface area contributed by atoms with Crippen molar-refractivity contribution in [1.29, 1.82) is 0 Å². The SMILES string of the molecule is c1ccc2ncc(-c3ccc4cc(-c5ccc6nc(-c7ccc(-c8ccnc9c8ccc8cccnc89)cc7)ccc6c5)ccc4n3)cc2c1. The van der Waals surface area contributed by atoms with Crippen LogP contribution in [0.2, 0.25) is 0 Å². The number of para-hydroxylation sites is 1. The van der Waals surface area contributed by atoms with Crippen molar-refractivity contribution >= 4 is 54.5 Å². The number of benzene rings is 5. The summed E-state index contributed by atoms with van der Waals surface area (Å²) >= 11 is 0. The second kappa shape index (κ2) is 11.4. The minimum Gasteiger partial charge on any atom is -0.256 e. The van der Waals surface area contributed by atoms with Crippen molar-refractivity contribution in [2.45, 2.75) is 0 Å². The Morgan fingerprint density at radius 1 is 0.340 bits per heavy atom. The van der Waals surface area contributed by atoms with Crippen molar-refractivity contribution in [3.8, 4) is 44.8 Å². The standard InChI is InChI=1S/C45H27N5/c1-2-6-39-33(4-1)26-36(27-48-39)43-20-15-35-25-32(13-18-42(35)50-43)31-12-17-41-34(24-31)14-19-40(49-41)29-9-7-28(8-10-29)37-21-23-47-45-38(37)16-11-30-5-3-22-46-44(30)45/h1-27H. The lowest BCUT2D eigenvalue weighted by molar-refractivity contribution is 1.35. The van der Waals surface area contributed by atoms with E-state index >= 15 is 0 Å². The van der Waals surface area contributed by atoms with Crippen LogP contribution >= 0.6 is 0 Å². The summed E-state index contributed by atoms with van der Waals surface area (Å²) in [5, 5.41) is 5.50. The lowest BCUT2D eigenvalue weighted by atomic mass is 9.98. The summed E-state index contributed by atoms with van der Waals surface area (Å²) in [5.74, 6) is 0. The first-order valence-electron chi connectivity index (χ1n) is 16.6. The molecule has 232 valence electrons. The highest BCUT2D eigenvalue weighted by Crippen LogP contribution is 2.33. The zero-order valence-corrected chi connectivity index (χ0v) is 26.8. The molecule has 0 saturated heterocycles. The van der Waals surface area contributed by atoms with Crippen LogP contribution in [0.1, 0.15) is 0 Å². The fourth-order valence-corrected chi connectivity index (χ4v) is 6.97. The summed E-state index contributed by atoms with van der Waals surface area (Å²) in [6, 6.07) is 50.7. The molecule has 0 atom stereocenters. The van der Waals surface area contributed by atoms with Gasteiger partial charge in [0, 0.05) is 56.6 Å². The van der Waals surface area contributed by atoms with Crippen LogP contribution in [0.5, 0.6) is 0 Å². The van der Waals surface area contributed by atoms with Gasteiger partial charge in [0.1, 0.15) is 0 Å². The second-order valence-corrected chi connectivity index (χ2v) is 12.6. The van der Waals surface area contributed by atoms with Crippen LogP contribution in [0.4, 0.5) is 0 Å². The van der Waals surface area contributed by atoms with E-state index < -0.39 is 0 Å². The maximum Gasteiger partial charge on any atom is 0.0970 e. The first kappa shape index (κ1) is 28.2. The molecule has 5 heteroatoms. The van der Waals surface area contributed by atoms with Crippen LogP contribution in [0.3, 0.4) is 0 Å². The van der Waals surface area contributed by atoms with E-state index in [0.29, 0.717) is 0 Å². The van der Waals surface area contributed by atoms with E-state index in [1.807, 2.05) is 42.9 Å². The third kappa shape index (κ3) is 4.83. The average molecular weight is 638 g/mol. The molecule has 0 amide bonds. The van der Waals surface area contributed by atoms with Gasteiger partial charge in [-0.05, 0) is 82.9 Å². The maximum atomic E-state index is 5.04. The lowest BCUT2D eigenvalue weighted by Gasteiger charge is -2.10. The molecule has 0 saturated carbocycles. The molecular formula is C45H27N5. The summed E-state index contributed by atoms with van der Waals surface area (Å²) in [4.78, 5) is 23.9. The monoisotopic (exact) mass is 637 g/mol. The molecule has 5 nitrogen and oxygen atoms in total. The number of hydrogen-bond acceptors (Lipinski definition) is 5. The van der Waals surface area contributed by atoms with Crippen LogP contribution in [0.15, 0.2) is 164 Å². The highest BCUT2D eigenvalue weighted by Gasteiger charge is 2.11. The maximum absolute atomic E-state index is 5.04. The molecule has 5 aromatic heterocycles. The van der Waals surface area contributed by atoms with Crippen LogP contribution in [0, 0.1) is 0 Å². The van der Waals surface area contributed by atoms with E-state index in [4.69, 9.17) is 9.97 Å². The molecule has 0 radical (unpaired) electrons. The second-order valence-electron chi connectivity index (χ2n) is 12.6.